The van der Waals surface area contributed by atoms with Gasteiger partial charge in [-0.3, -0.25) is 0 Å². The van der Waals surface area contributed by atoms with Crippen molar-refractivity contribution in [2.75, 3.05) is 9.80 Å². The second-order valence-electron chi connectivity index (χ2n) is 11.8. The maximum absolute atomic E-state index is 2.39. The van der Waals surface area contributed by atoms with Crippen LogP contribution in [0.15, 0.2) is 206 Å². The molecule has 0 aromatic heterocycles. The van der Waals surface area contributed by atoms with Gasteiger partial charge in [0.2, 0.25) is 0 Å². The van der Waals surface area contributed by atoms with Gasteiger partial charge in [-0.25, -0.2) is 0 Å². The van der Waals surface area contributed by atoms with Gasteiger partial charge in [0.1, 0.15) is 0 Å². The average Bonchev–Trinajstić information content (AvgIpc) is 3.17. The first kappa shape index (κ1) is 29.1. The summed E-state index contributed by atoms with van der Waals surface area (Å²) in [5, 5.41) is 2.43. The zero-order valence-corrected chi connectivity index (χ0v) is 26.5. The van der Waals surface area contributed by atoms with Gasteiger partial charge in [-0.05, 0) is 94.2 Å². The van der Waals surface area contributed by atoms with Crippen LogP contribution in [-0.4, -0.2) is 0 Å². The lowest BCUT2D eigenvalue weighted by atomic mass is 9.95. The minimum atomic E-state index is 1.09. The quantitative estimate of drug-likeness (QED) is 0.168. The fourth-order valence-corrected chi connectivity index (χ4v) is 6.56. The molecule has 0 aliphatic rings. The van der Waals surface area contributed by atoms with Crippen molar-refractivity contribution < 1.29 is 0 Å². The summed E-state index contributed by atoms with van der Waals surface area (Å²) in [5.74, 6) is 0. The van der Waals surface area contributed by atoms with E-state index in [2.05, 4.69) is 216 Å². The summed E-state index contributed by atoms with van der Waals surface area (Å²) in [4.78, 5) is 4.76. The Kier molecular flexibility index (Phi) is 7.96. The van der Waals surface area contributed by atoms with Crippen LogP contribution in [-0.2, 0) is 0 Å². The normalized spacial score (nSPS) is 10.9. The van der Waals surface area contributed by atoms with E-state index < -0.39 is 0 Å². The van der Waals surface area contributed by atoms with E-state index in [4.69, 9.17) is 0 Å². The third kappa shape index (κ3) is 5.72. The molecule has 0 N–H and O–H groups in total. The van der Waals surface area contributed by atoms with Crippen LogP contribution in [0.1, 0.15) is 0 Å². The van der Waals surface area contributed by atoms with E-state index in [1.165, 1.54) is 21.9 Å². The van der Waals surface area contributed by atoms with E-state index in [1.54, 1.807) is 0 Å². The number of hydrogen-bond donors (Lipinski definition) is 0. The Bertz CT molecular complexity index is 2220. The third-order valence-corrected chi connectivity index (χ3v) is 8.82. The summed E-state index contributed by atoms with van der Waals surface area (Å²) < 4.78 is 0. The highest BCUT2D eigenvalue weighted by Gasteiger charge is 2.24. The van der Waals surface area contributed by atoms with Gasteiger partial charge >= 0.3 is 0 Å². The SMILES string of the molecule is c1ccc(-c2ccc(N(c3ccccc3)c3cccc(N(c4ccccc4)c4ccccc4)c3-c3ccc4ccccc4c3)cc2)cc1. The molecular formula is C46H34N2. The van der Waals surface area contributed by atoms with Crippen LogP contribution in [0.5, 0.6) is 0 Å². The Labute approximate surface area is 282 Å². The van der Waals surface area contributed by atoms with Crippen LogP contribution in [0.4, 0.5) is 34.1 Å². The molecule has 228 valence electrons. The highest BCUT2D eigenvalue weighted by Crippen LogP contribution is 2.49. The molecule has 0 amide bonds. The molecule has 8 aromatic carbocycles. The van der Waals surface area contributed by atoms with Crippen molar-refractivity contribution in [2.24, 2.45) is 0 Å². The molecule has 0 heterocycles. The first-order chi connectivity index (χ1) is 23.8. The van der Waals surface area contributed by atoms with Gasteiger partial charge < -0.3 is 9.80 Å². The van der Waals surface area contributed by atoms with Crippen LogP contribution >= 0.6 is 0 Å². The van der Waals surface area contributed by atoms with Crippen LogP contribution in [0.3, 0.4) is 0 Å². The van der Waals surface area contributed by atoms with Crippen molar-refractivity contribution in [3.8, 4) is 22.3 Å². The lowest BCUT2D eigenvalue weighted by Gasteiger charge is -2.33. The topological polar surface area (TPSA) is 6.48 Å². The molecule has 0 atom stereocenters. The number of para-hydroxylation sites is 3. The first-order valence-corrected chi connectivity index (χ1v) is 16.4. The van der Waals surface area contributed by atoms with Crippen molar-refractivity contribution in [1.82, 2.24) is 0 Å². The van der Waals surface area contributed by atoms with Gasteiger partial charge in [0.15, 0.2) is 0 Å². The molecule has 0 saturated carbocycles. The summed E-state index contributed by atoms with van der Waals surface area (Å²) in [7, 11) is 0. The van der Waals surface area contributed by atoms with Crippen LogP contribution < -0.4 is 9.80 Å². The Morgan fingerprint density at radius 1 is 0.250 bits per heavy atom. The van der Waals surface area contributed by atoms with Crippen molar-refractivity contribution >= 4 is 44.9 Å². The zero-order chi connectivity index (χ0) is 32.1. The fourth-order valence-electron chi connectivity index (χ4n) is 6.56. The van der Waals surface area contributed by atoms with Gasteiger partial charge in [-0.1, -0.05) is 140 Å². The molecule has 0 spiro atoms. The molecule has 0 radical (unpaired) electrons. The highest BCUT2D eigenvalue weighted by atomic mass is 15.2. The number of rotatable bonds is 8. The second kappa shape index (κ2) is 13.2. The molecule has 0 saturated heterocycles. The smallest absolute Gasteiger partial charge is 0.0561 e. The summed E-state index contributed by atoms with van der Waals surface area (Å²) in [6.45, 7) is 0. The maximum Gasteiger partial charge on any atom is 0.0561 e. The first-order valence-electron chi connectivity index (χ1n) is 16.4. The van der Waals surface area contributed by atoms with Gasteiger partial charge in [0, 0.05) is 28.3 Å². The van der Waals surface area contributed by atoms with Crippen LogP contribution in [0, 0.1) is 0 Å². The van der Waals surface area contributed by atoms with Gasteiger partial charge in [-0.2, -0.15) is 0 Å². The Balaban J connectivity index is 1.40. The van der Waals surface area contributed by atoms with E-state index in [1.807, 2.05) is 0 Å². The van der Waals surface area contributed by atoms with E-state index in [-0.39, 0.29) is 0 Å². The monoisotopic (exact) mass is 614 g/mol. The summed E-state index contributed by atoms with van der Waals surface area (Å²) in [5.41, 5.74) is 11.3. The Morgan fingerprint density at radius 2 is 0.646 bits per heavy atom. The molecule has 8 rings (SSSR count). The summed E-state index contributed by atoms with van der Waals surface area (Å²) in [6.07, 6.45) is 0. The number of hydrogen-bond acceptors (Lipinski definition) is 2. The number of nitrogens with zero attached hydrogens (tertiary/aromatic N) is 2. The van der Waals surface area contributed by atoms with Crippen molar-refractivity contribution in [3.63, 3.8) is 0 Å². The number of fused-ring (bicyclic) bond motifs is 1. The Morgan fingerprint density at radius 3 is 1.17 bits per heavy atom. The molecule has 8 aromatic rings. The standard InChI is InChI=1S/C46H34N2/c1-5-16-35(17-6-1)37-30-32-43(33-31-37)48(42-24-11-4-12-25-42)45-27-15-26-44(46(45)39-29-28-36-18-13-14-19-38(36)34-39)47(40-20-7-2-8-21-40)41-22-9-3-10-23-41/h1-34H. The molecule has 2 heteroatoms. The summed E-state index contributed by atoms with van der Waals surface area (Å²) >= 11 is 0. The van der Waals surface area contributed by atoms with Crippen molar-refractivity contribution in [3.05, 3.63) is 206 Å². The predicted molar refractivity (Wildman–Crippen MR) is 204 cm³/mol. The van der Waals surface area contributed by atoms with Crippen molar-refractivity contribution in [2.45, 2.75) is 0 Å². The minimum Gasteiger partial charge on any atom is -0.310 e. The Hall–Kier alpha value is -6.38. The molecule has 0 aliphatic carbocycles. The molecular weight excluding hydrogens is 581 g/mol. The molecule has 48 heavy (non-hydrogen) atoms. The molecule has 2 nitrogen and oxygen atoms in total. The fraction of sp³-hybridized carbons (Fsp3) is 0. The number of anilines is 6. The van der Waals surface area contributed by atoms with Gasteiger partial charge in [0.05, 0.1) is 11.4 Å². The maximum atomic E-state index is 2.39. The molecule has 0 fully saturated rings. The van der Waals surface area contributed by atoms with E-state index in [0.29, 0.717) is 0 Å². The minimum absolute atomic E-state index is 1.09. The summed E-state index contributed by atoms with van der Waals surface area (Å²) in [6, 6.07) is 73.5. The molecule has 0 unspecified atom stereocenters. The third-order valence-electron chi connectivity index (χ3n) is 8.82. The average molecular weight is 615 g/mol. The lowest BCUT2D eigenvalue weighted by Crippen LogP contribution is -2.15. The van der Waals surface area contributed by atoms with Gasteiger partial charge in [0.25, 0.3) is 0 Å². The van der Waals surface area contributed by atoms with Crippen LogP contribution in [0.25, 0.3) is 33.0 Å². The van der Waals surface area contributed by atoms with Crippen molar-refractivity contribution in [1.29, 1.82) is 0 Å². The van der Waals surface area contributed by atoms with E-state index in [0.717, 1.165) is 45.3 Å². The zero-order valence-electron chi connectivity index (χ0n) is 26.5. The second-order valence-corrected chi connectivity index (χ2v) is 11.8. The molecule has 0 aliphatic heterocycles. The predicted octanol–water partition coefficient (Wildman–Crippen LogP) is 13.1. The van der Waals surface area contributed by atoms with Crippen LogP contribution in [0.2, 0.25) is 0 Å². The molecule has 0 bridgehead atoms. The number of benzene rings is 8. The van der Waals surface area contributed by atoms with E-state index >= 15 is 0 Å². The largest absolute Gasteiger partial charge is 0.310 e. The lowest BCUT2D eigenvalue weighted by molar-refractivity contribution is 1.25. The highest BCUT2D eigenvalue weighted by molar-refractivity contribution is 6.00. The van der Waals surface area contributed by atoms with Gasteiger partial charge in [-0.15, -0.1) is 0 Å². The van der Waals surface area contributed by atoms with E-state index in [9.17, 15) is 0 Å².